The van der Waals surface area contributed by atoms with Crippen LogP contribution in [0.4, 0.5) is 5.69 Å². The molecule has 0 aliphatic carbocycles. The van der Waals surface area contributed by atoms with Crippen LogP contribution in [0.25, 0.3) is 11.1 Å². The van der Waals surface area contributed by atoms with Crippen LogP contribution in [0.3, 0.4) is 0 Å². The third-order valence-corrected chi connectivity index (χ3v) is 4.29. The Morgan fingerprint density at radius 2 is 1.33 bits per heavy atom. The van der Waals surface area contributed by atoms with Crippen LogP contribution in [0.2, 0.25) is 0 Å². The van der Waals surface area contributed by atoms with E-state index in [0.29, 0.717) is 17.7 Å². The van der Waals surface area contributed by atoms with Crippen LogP contribution in [-0.2, 0) is 4.79 Å². The fraction of sp³-hybridized carbons (Fsp3) is 0.0870. The SMILES string of the molecule is CCC(=C(C(=O)Nc1ccc(O)cc1)c1ccc(O)cc1)c1ccccc1. The van der Waals surface area contributed by atoms with Crippen LogP contribution in [0.1, 0.15) is 24.5 Å². The third-order valence-electron chi connectivity index (χ3n) is 4.29. The lowest BCUT2D eigenvalue weighted by Crippen LogP contribution is -2.15. The van der Waals surface area contributed by atoms with Gasteiger partial charge < -0.3 is 15.5 Å². The molecule has 3 aromatic rings. The van der Waals surface area contributed by atoms with E-state index in [1.54, 1.807) is 36.4 Å². The van der Waals surface area contributed by atoms with E-state index in [-0.39, 0.29) is 17.4 Å². The van der Waals surface area contributed by atoms with E-state index in [1.165, 1.54) is 12.1 Å². The Hall–Kier alpha value is -3.53. The quantitative estimate of drug-likeness (QED) is 0.339. The van der Waals surface area contributed by atoms with Crippen LogP contribution >= 0.6 is 0 Å². The van der Waals surface area contributed by atoms with Gasteiger partial charge in [0.25, 0.3) is 5.91 Å². The lowest BCUT2D eigenvalue weighted by Gasteiger charge is -2.16. The minimum atomic E-state index is -0.243. The molecule has 0 fully saturated rings. The highest BCUT2D eigenvalue weighted by atomic mass is 16.3. The number of phenolic OH excluding ortho intramolecular Hbond substituents is 2. The van der Waals surface area contributed by atoms with Gasteiger partial charge >= 0.3 is 0 Å². The van der Waals surface area contributed by atoms with Gasteiger partial charge in [0.15, 0.2) is 0 Å². The number of phenols is 2. The Labute approximate surface area is 158 Å². The van der Waals surface area contributed by atoms with E-state index >= 15 is 0 Å². The molecule has 3 N–H and O–H groups in total. The number of benzene rings is 3. The summed E-state index contributed by atoms with van der Waals surface area (Å²) in [6.45, 7) is 2.01. The highest BCUT2D eigenvalue weighted by Gasteiger charge is 2.18. The van der Waals surface area contributed by atoms with Gasteiger partial charge in [0.1, 0.15) is 11.5 Å². The Bertz CT molecular complexity index is 943. The normalized spacial score (nSPS) is 11.6. The number of amides is 1. The Kier molecular flexibility index (Phi) is 5.57. The first kappa shape index (κ1) is 18.3. The van der Waals surface area contributed by atoms with Crippen LogP contribution in [0, 0.1) is 0 Å². The summed E-state index contributed by atoms with van der Waals surface area (Å²) < 4.78 is 0. The molecule has 0 aliphatic rings. The molecule has 3 aromatic carbocycles. The molecule has 4 nitrogen and oxygen atoms in total. The van der Waals surface area contributed by atoms with E-state index in [4.69, 9.17) is 0 Å². The first-order valence-electron chi connectivity index (χ1n) is 8.77. The van der Waals surface area contributed by atoms with Crippen molar-refractivity contribution in [1.29, 1.82) is 0 Å². The molecule has 0 saturated heterocycles. The summed E-state index contributed by atoms with van der Waals surface area (Å²) in [4.78, 5) is 13.2. The van der Waals surface area contributed by atoms with E-state index in [9.17, 15) is 15.0 Å². The second-order valence-electron chi connectivity index (χ2n) is 6.12. The minimum absolute atomic E-state index is 0.140. The third kappa shape index (κ3) is 4.36. The van der Waals surface area contributed by atoms with Gasteiger partial charge in [-0.1, -0.05) is 49.4 Å². The average Bonchev–Trinajstić information content (AvgIpc) is 2.69. The largest absolute Gasteiger partial charge is 0.508 e. The van der Waals surface area contributed by atoms with Gasteiger partial charge in [-0.15, -0.1) is 0 Å². The standard InChI is InChI=1S/C23H21NO3/c1-2-21(16-6-4-3-5-7-16)22(17-8-12-19(25)13-9-17)23(27)24-18-10-14-20(26)15-11-18/h3-15,25-26H,2H2,1H3,(H,24,27). The van der Waals surface area contributed by atoms with Crippen molar-refractivity contribution >= 4 is 22.7 Å². The maximum atomic E-state index is 13.2. The zero-order valence-electron chi connectivity index (χ0n) is 15.0. The summed E-state index contributed by atoms with van der Waals surface area (Å²) in [5.74, 6) is 0.0442. The molecule has 0 radical (unpaired) electrons. The molecule has 3 rings (SSSR count). The van der Waals surface area contributed by atoms with Crippen molar-refractivity contribution in [2.24, 2.45) is 0 Å². The molecule has 27 heavy (non-hydrogen) atoms. The molecule has 0 heterocycles. The number of aromatic hydroxyl groups is 2. The molecule has 136 valence electrons. The molecule has 0 saturated carbocycles. The molecule has 0 spiro atoms. The van der Waals surface area contributed by atoms with Crippen LogP contribution < -0.4 is 5.32 Å². The van der Waals surface area contributed by atoms with Crippen molar-refractivity contribution in [3.63, 3.8) is 0 Å². The van der Waals surface area contributed by atoms with Crippen molar-refractivity contribution in [3.05, 3.63) is 90.0 Å². The molecule has 0 bridgehead atoms. The average molecular weight is 359 g/mol. The first-order valence-corrected chi connectivity index (χ1v) is 8.77. The fourth-order valence-electron chi connectivity index (χ4n) is 2.97. The monoisotopic (exact) mass is 359 g/mol. The molecule has 0 atom stereocenters. The smallest absolute Gasteiger partial charge is 0.256 e. The number of anilines is 1. The van der Waals surface area contributed by atoms with Crippen molar-refractivity contribution in [1.82, 2.24) is 0 Å². The number of nitrogens with one attached hydrogen (secondary N) is 1. The van der Waals surface area contributed by atoms with E-state index < -0.39 is 0 Å². The topological polar surface area (TPSA) is 69.6 Å². The highest BCUT2D eigenvalue weighted by molar-refractivity contribution is 6.31. The number of carbonyl (C=O) groups is 1. The number of hydrogen-bond acceptors (Lipinski definition) is 3. The van der Waals surface area contributed by atoms with Crippen molar-refractivity contribution in [2.45, 2.75) is 13.3 Å². The number of carbonyl (C=O) groups excluding carboxylic acids is 1. The summed E-state index contributed by atoms with van der Waals surface area (Å²) in [6.07, 6.45) is 0.670. The van der Waals surface area contributed by atoms with Gasteiger partial charge in [-0.05, 0) is 59.5 Å². The molecule has 0 unspecified atom stereocenters. The fourth-order valence-corrected chi connectivity index (χ4v) is 2.97. The number of allylic oxidation sites excluding steroid dienone is 1. The highest BCUT2D eigenvalue weighted by Crippen LogP contribution is 2.31. The number of rotatable bonds is 5. The van der Waals surface area contributed by atoms with E-state index in [0.717, 1.165) is 16.7 Å². The summed E-state index contributed by atoms with van der Waals surface area (Å²) in [5, 5.41) is 21.9. The Morgan fingerprint density at radius 1 is 0.778 bits per heavy atom. The summed E-state index contributed by atoms with van der Waals surface area (Å²) in [5.41, 5.74) is 3.76. The lowest BCUT2D eigenvalue weighted by atomic mass is 9.92. The van der Waals surface area contributed by atoms with Crippen molar-refractivity contribution < 1.29 is 15.0 Å². The zero-order chi connectivity index (χ0) is 19.2. The lowest BCUT2D eigenvalue weighted by molar-refractivity contribution is -0.111. The maximum Gasteiger partial charge on any atom is 0.256 e. The second kappa shape index (κ2) is 8.23. The molecular formula is C23H21NO3. The molecular weight excluding hydrogens is 338 g/mol. The summed E-state index contributed by atoms with van der Waals surface area (Å²) in [6, 6.07) is 22.7. The van der Waals surface area contributed by atoms with Crippen molar-refractivity contribution in [2.75, 3.05) is 5.32 Å². The van der Waals surface area contributed by atoms with Gasteiger partial charge in [-0.3, -0.25) is 4.79 Å². The Balaban J connectivity index is 2.09. The zero-order valence-corrected chi connectivity index (χ0v) is 15.0. The molecule has 0 aliphatic heterocycles. The number of hydrogen-bond donors (Lipinski definition) is 3. The van der Waals surface area contributed by atoms with Gasteiger partial charge in [0.2, 0.25) is 0 Å². The predicted molar refractivity (Wildman–Crippen MR) is 108 cm³/mol. The predicted octanol–water partition coefficient (Wildman–Crippen LogP) is 5.06. The van der Waals surface area contributed by atoms with Gasteiger partial charge in [-0.2, -0.15) is 0 Å². The molecule has 1 amide bonds. The van der Waals surface area contributed by atoms with E-state index in [2.05, 4.69) is 5.32 Å². The minimum Gasteiger partial charge on any atom is -0.508 e. The second-order valence-corrected chi connectivity index (χ2v) is 6.12. The molecule has 0 aromatic heterocycles. The van der Waals surface area contributed by atoms with Crippen molar-refractivity contribution in [3.8, 4) is 11.5 Å². The van der Waals surface area contributed by atoms with Crippen LogP contribution in [0.15, 0.2) is 78.9 Å². The summed E-state index contributed by atoms with van der Waals surface area (Å²) in [7, 11) is 0. The first-order chi connectivity index (χ1) is 13.1. The molecule has 4 heteroatoms. The van der Waals surface area contributed by atoms with Gasteiger partial charge in [-0.25, -0.2) is 0 Å². The van der Waals surface area contributed by atoms with E-state index in [1.807, 2.05) is 37.3 Å². The van der Waals surface area contributed by atoms with Crippen LogP contribution in [-0.4, -0.2) is 16.1 Å². The van der Waals surface area contributed by atoms with Gasteiger partial charge in [0, 0.05) is 5.69 Å². The summed E-state index contributed by atoms with van der Waals surface area (Å²) >= 11 is 0. The van der Waals surface area contributed by atoms with Gasteiger partial charge in [0.05, 0.1) is 5.57 Å². The van der Waals surface area contributed by atoms with Crippen LogP contribution in [0.5, 0.6) is 11.5 Å². The maximum absolute atomic E-state index is 13.2. The Morgan fingerprint density at radius 3 is 1.89 bits per heavy atom.